The number of nitrogens with two attached hydrogens (primary N) is 1. The van der Waals surface area contributed by atoms with Crippen molar-refractivity contribution in [2.45, 2.75) is 6.54 Å². The van der Waals surface area contributed by atoms with Crippen LogP contribution in [-0.4, -0.2) is 30.1 Å². The van der Waals surface area contributed by atoms with Crippen LogP contribution in [0.4, 0.5) is 5.69 Å². The fourth-order valence-electron chi connectivity index (χ4n) is 2.09. The number of carbonyl (C=O) groups is 1. The molecule has 2 rings (SSSR count). The van der Waals surface area contributed by atoms with Gasteiger partial charge in [-0.1, -0.05) is 12.1 Å². The van der Waals surface area contributed by atoms with Gasteiger partial charge in [0.2, 0.25) is 0 Å². The minimum atomic E-state index is -0.171. The molecule has 0 radical (unpaired) electrons. The summed E-state index contributed by atoms with van der Waals surface area (Å²) < 4.78 is 5.20. The van der Waals surface area contributed by atoms with Crippen molar-refractivity contribution in [3.05, 3.63) is 53.6 Å². The normalized spacial score (nSPS) is 10.2. The van der Waals surface area contributed by atoms with Gasteiger partial charge in [-0.05, 0) is 29.8 Å². The summed E-state index contributed by atoms with van der Waals surface area (Å²) in [5, 5.41) is 9.46. The second-order valence-electron chi connectivity index (χ2n) is 4.79. The predicted molar refractivity (Wildman–Crippen MR) is 81.3 cm³/mol. The first-order valence-electron chi connectivity index (χ1n) is 6.48. The van der Waals surface area contributed by atoms with Gasteiger partial charge in [0.25, 0.3) is 5.91 Å². The molecule has 1 amide bonds. The fourth-order valence-corrected chi connectivity index (χ4v) is 2.09. The zero-order chi connectivity index (χ0) is 15.4. The molecule has 110 valence electrons. The quantitative estimate of drug-likeness (QED) is 0.845. The van der Waals surface area contributed by atoms with Gasteiger partial charge in [0.15, 0.2) is 0 Å². The summed E-state index contributed by atoms with van der Waals surface area (Å²) in [7, 11) is 3.20. The lowest BCUT2D eigenvalue weighted by molar-refractivity contribution is 0.0781. The second kappa shape index (κ2) is 6.17. The van der Waals surface area contributed by atoms with Gasteiger partial charge in [-0.15, -0.1) is 0 Å². The maximum atomic E-state index is 12.5. The minimum absolute atomic E-state index is 0.171. The molecular weight excluding hydrogens is 268 g/mol. The van der Waals surface area contributed by atoms with E-state index in [1.54, 1.807) is 48.3 Å². The number of carbonyl (C=O) groups excluding carboxylic acids is 1. The Hall–Kier alpha value is -2.69. The maximum absolute atomic E-state index is 12.5. The molecule has 0 heterocycles. The van der Waals surface area contributed by atoms with Gasteiger partial charge in [-0.3, -0.25) is 4.79 Å². The van der Waals surface area contributed by atoms with E-state index in [0.717, 1.165) is 5.56 Å². The van der Waals surface area contributed by atoms with Crippen molar-refractivity contribution in [1.82, 2.24) is 4.90 Å². The Morgan fingerprint density at radius 2 is 2.05 bits per heavy atom. The number of nitrogens with zero attached hydrogens (tertiary/aromatic N) is 1. The lowest BCUT2D eigenvalue weighted by Gasteiger charge is -2.19. The molecule has 3 N–H and O–H groups in total. The molecule has 0 aliphatic carbocycles. The lowest BCUT2D eigenvalue weighted by Crippen LogP contribution is -2.26. The molecule has 0 bridgehead atoms. The molecule has 0 fully saturated rings. The van der Waals surface area contributed by atoms with E-state index in [1.807, 2.05) is 6.07 Å². The Labute approximate surface area is 123 Å². The van der Waals surface area contributed by atoms with Crippen molar-refractivity contribution in [3.8, 4) is 11.5 Å². The van der Waals surface area contributed by atoms with Crippen LogP contribution in [0.5, 0.6) is 11.5 Å². The van der Waals surface area contributed by atoms with Gasteiger partial charge >= 0.3 is 0 Å². The molecule has 5 nitrogen and oxygen atoms in total. The van der Waals surface area contributed by atoms with Crippen LogP contribution in [0.1, 0.15) is 15.9 Å². The Morgan fingerprint density at radius 1 is 1.29 bits per heavy atom. The third kappa shape index (κ3) is 3.45. The third-order valence-corrected chi connectivity index (χ3v) is 3.13. The van der Waals surface area contributed by atoms with Crippen molar-refractivity contribution in [1.29, 1.82) is 0 Å². The Morgan fingerprint density at radius 3 is 2.71 bits per heavy atom. The predicted octanol–water partition coefficient (Wildman–Crippen LogP) is 2.26. The molecule has 2 aromatic rings. The number of aromatic hydroxyl groups is 1. The number of anilines is 1. The van der Waals surface area contributed by atoms with Crippen LogP contribution < -0.4 is 10.5 Å². The van der Waals surface area contributed by atoms with Crippen LogP contribution in [-0.2, 0) is 6.54 Å². The van der Waals surface area contributed by atoms with Gasteiger partial charge in [-0.2, -0.15) is 0 Å². The average molecular weight is 286 g/mol. The van der Waals surface area contributed by atoms with E-state index in [2.05, 4.69) is 0 Å². The zero-order valence-corrected chi connectivity index (χ0v) is 12.0. The number of nitrogen functional groups attached to an aromatic ring is 1. The highest BCUT2D eigenvalue weighted by molar-refractivity contribution is 5.97. The number of ether oxygens (including phenoxy) is 1. The van der Waals surface area contributed by atoms with E-state index in [4.69, 9.17) is 10.5 Å². The largest absolute Gasteiger partial charge is 0.508 e. The van der Waals surface area contributed by atoms with Gasteiger partial charge in [-0.25, -0.2) is 0 Å². The Balaban J connectivity index is 2.19. The summed E-state index contributed by atoms with van der Waals surface area (Å²) in [6.07, 6.45) is 0. The van der Waals surface area contributed by atoms with Crippen LogP contribution in [0, 0.1) is 0 Å². The van der Waals surface area contributed by atoms with Crippen LogP contribution in [0.3, 0.4) is 0 Å². The summed E-state index contributed by atoms with van der Waals surface area (Å²) in [6, 6.07) is 11.7. The number of rotatable bonds is 4. The Kier molecular flexibility index (Phi) is 4.33. The number of amides is 1. The molecule has 5 heteroatoms. The number of hydrogen-bond acceptors (Lipinski definition) is 4. The van der Waals surface area contributed by atoms with Gasteiger partial charge in [0.05, 0.1) is 12.7 Å². The van der Waals surface area contributed by atoms with Gasteiger partial charge in [0, 0.05) is 25.3 Å². The Bertz CT molecular complexity index is 656. The SMILES string of the molecule is COc1cc(N)ccc1C(=O)N(C)Cc1cccc(O)c1. The molecule has 0 saturated heterocycles. The van der Waals surface area contributed by atoms with Crippen molar-refractivity contribution in [3.63, 3.8) is 0 Å². The molecule has 2 aromatic carbocycles. The number of benzene rings is 2. The number of phenolic OH excluding ortho intramolecular Hbond substituents is 1. The van der Waals surface area contributed by atoms with Crippen molar-refractivity contribution >= 4 is 11.6 Å². The van der Waals surface area contributed by atoms with Crippen LogP contribution in [0.25, 0.3) is 0 Å². The van der Waals surface area contributed by atoms with Crippen molar-refractivity contribution in [2.24, 2.45) is 0 Å². The monoisotopic (exact) mass is 286 g/mol. The van der Waals surface area contributed by atoms with E-state index in [9.17, 15) is 9.90 Å². The summed E-state index contributed by atoms with van der Waals surface area (Å²) in [5.74, 6) is 0.455. The highest BCUT2D eigenvalue weighted by Crippen LogP contribution is 2.23. The summed E-state index contributed by atoms with van der Waals surface area (Å²) in [6.45, 7) is 0.390. The second-order valence-corrected chi connectivity index (χ2v) is 4.79. The van der Waals surface area contributed by atoms with E-state index in [-0.39, 0.29) is 11.7 Å². The molecule has 0 unspecified atom stereocenters. The van der Waals surface area contributed by atoms with E-state index in [0.29, 0.717) is 23.5 Å². The van der Waals surface area contributed by atoms with E-state index >= 15 is 0 Å². The van der Waals surface area contributed by atoms with E-state index < -0.39 is 0 Å². The van der Waals surface area contributed by atoms with Gasteiger partial charge < -0.3 is 20.5 Å². The van der Waals surface area contributed by atoms with Gasteiger partial charge in [0.1, 0.15) is 11.5 Å². The highest BCUT2D eigenvalue weighted by Gasteiger charge is 2.17. The maximum Gasteiger partial charge on any atom is 0.257 e. The molecule has 0 saturated carbocycles. The van der Waals surface area contributed by atoms with Crippen molar-refractivity contribution < 1.29 is 14.6 Å². The minimum Gasteiger partial charge on any atom is -0.508 e. The number of hydrogen-bond donors (Lipinski definition) is 2. The van der Waals surface area contributed by atoms with Crippen LogP contribution >= 0.6 is 0 Å². The summed E-state index contributed by atoms with van der Waals surface area (Å²) in [5.41, 5.74) is 7.53. The van der Waals surface area contributed by atoms with Crippen LogP contribution in [0.2, 0.25) is 0 Å². The smallest absolute Gasteiger partial charge is 0.257 e. The zero-order valence-electron chi connectivity index (χ0n) is 12.0. The third-order valence-electron chi connectivity index (χ3n) is 3.13. The van der Waals surface area contributed by atoms with Crippen LogP contribution in [0.15, 0.2) is 42.5 Å². The fraction of sp³-hybridized carbons (Fsp3) is 0.188. The molecular formula is C16H18N2O3. The molecule has 21 heavy (non-hydrogen) atoms. The topological polar surface area (TPSA) is 75.8 Å². The van der Waals surface area contributed by atoms with E-state index in [1.165, 1.54) is 7.11 Å². The average Bonchev–Trinajstić information content (AvgIpc) is 2.46. The first-order valence-corrected chi connectivity index (χ1v) is 6.48. The highest BCUT2D eigenvalue weighted by atomic mass is 16.5. The first-order chi connectivity index (χ1) is 10.0. The number of phenols is 1. The molecule has 0 atom stereocenters. The summed E-state index contributed by atoms with van der Waals surface area (Å²) >= 11 is 0. The standard InChI is InChI=1S/C16H18N2O3/c1-18(10-11-4-3-5-13(19)8-11)16(20)14-7-6-12(17)9-15(14)21-2/h3-9,19H,10,17H2,1-2H3. The molecule has 0 aliphatic rings. The number of methoxy groups -OCH3 is 1. The molecule has 0 spiro atoms. The summed E-state index contributed by atoms with van der Waals surface area (Å²) in [4.78, 5) is 14.0. The first kappa shape index (κ1) is 14.7. The lowest BCUT2D eigenvalue weighted by atomic mass is 10.1. The molecule has 0 aliphatic heterocycles. The molecule has 0 aromatic heterocycles. The van der Waals surface area contributed by atoms with Crippen molar-refractivity contribution in [2.75, 3.05) is 19.9 Å².